The van der Waals surface area contributed by atoms with Crippen molar-refractivity contribution < 1.29 is 9.53 Å². The topological polar surface area (TPSA) is 93.6 Å². The van der Waals surface area contributed by atoms with Crippen LogP contribution in [0.15, 0.2) is 55.0 Å². The molecule has 0 amide bonds. The molecule has 2 aromatic heterocycles. The normalized spacial score (nSPS) is 10.8. The van der Waals surface area contributed by atoms with Crippen molar-refractivity contribution in [3.63, 3.8) is 0 Å². The number of hydrogen-bond acceptors (Lipinski definition) is 6. The number of nitrogens with one attached hydrogen (secondary N) is 1. The molecule has 0 spiro atoms. The molecular weight excluding hydrogens is 330 g/mol. The number of ether oxygens (including phenoxy) is 1. The van der Waals surface area contributed by atoms with Gasteiger partial charge in [0, 0.05) is 11.8 Å². The van der Waals surface area contributed by atoms with Gasteiger partial charge in [0.05, 0.1) is 19.2 Å². The number of fused-ring (bicyclic) bond motifs is 1. The Kier molecular flexibility index (Phi) is 4.10. The summed E-state index contributed by atoms with van der Waals surface area (Å²) in [4.78, 5) is 25.3. The summed E-state index contributed by atoms with van der Waals surface area (Å²) in [5, 5.41) is 6.26. The third-order valence-electron chi connectivity index (χ3n) is 4.04. The maximum absolute atomic E-state index is 12.2. The number of Topliss-reactive ketones (excluding diaryl/α,β-unsaturated/α-hetero) is 1. The van der Waals surface area contributed by atoms with E-state index in [0.29, 0.717) is 17.0 Å². The van der Waals surface area contributed by atoms with Gasteiger partial charge in [0.2, 0.25) is 5.78 Å². The quantitative estimate of drug-likeness (QED) is 0.559. The summed E-state index contributed by atoms with van der Waals surface area (Å²) in [5.41, 5.74) is 3.90. The highest BCUT2D eigenvalue weighted by Gasteiger charge is 2.15. The minimum Gasteiger partial charge on any atom is -0.494 e. The highest BCUT2D eigenvalue weighted by Crippen LogP contribution is 2.32. The van der Waals surface area contributed by atoms with Crippen molar-refractivity contribution in [2.24, 2.45) is 0 Å². The molecule has 7 heteroatoms. The molecule has 4 rings (SSSR count). The average molecular weight is 345 g/mol. The lowest BCUT2D eigenvalue weighted by Crippen LogP contribution is -2.08. The van der Waals surface area contributed by atoms with E-state index in [4.69, 9.17) is 4.74 Å². The van der Waals surface area contributed by atoms with Crippen molar-refractivity contribution in [1.82, 2.24) is 25.1 Å². The van der Waals surface area contributed by atoms with Gasteiger partial charge in [-0.25, -0.2) is 9.97 Å². The van der Waals surface area contributed by atoms with Crippen LogP contribution in [-0.4, -0.2) is 38.0 Å². The molecule has 0 aliphatic rings. The van der Waals surface area contributed by atoms with Crippen LogP contribution in [0.25, 0.3) is 22.2 Å². The number of rotatable bonds is 5. The highest BCUT2D eigenvalue weighted by atomic mass is 16.5. The maximum atomic E-state index is 12.2. The lowest BCUT2D eigenvalue weighted by molar-refractivity contribution is 0.0982. The summed E-state index contributed by atoms with van der Waals surface area (Å²) in [5.74, 6) is 0.618. The summed E-state index contributed by atoms with van der Waals surface area (Å²) in [6.45, 7) is 0. The molecule has 128 valence electrons. The molecule has 0 atom stereocenters. The van der Waals surface area contributed by atoms with Crippen LogP contribution >= 0.6 is 0 Å². The summed E-state index contributed by atoms with van der Waals surface area (Å²) >= 11 is 0. The van der Waals surface area contributed by atoms with Gasteiger partial charge in [-0.3, -0.25) is 14.9 Å². The van der Waals surface area contributed by atoms with Gasteiger partial charge >= 0.3 is 0 Å². The van der Waals surface area contributed by atoms with Gasteiger partial charge < -0.3 is 4.74 Å². The van der Waals surface area contributed by atoms with Crippen molar-refractivity contribution in [3.05, 3.63) is 66.5 Å². The highest BCUT2D eigenvalue weighted by molar-refractivity contribution is 5.96. The molecule has 2 heterocycles. The third kappa shape index (κ3) is 2.90. The van der Waals surface area contributed by atoms with Crippen LogP contribution in [0.3, 0.4) is 0 Å². The van der Waals surface area contributed by atoms with Crippen molar-refractivity contribution in [3.8, 4) is 16.9 Å². The molecule has 7 nitrogen and oxygen atoms in total. The molecule has 0 aliphatic carbocycles. The van der Waals surface area contributed by atoms with Crippen molar-refractivity contribution in [2.75, 3.05) is 7.11 Å². The number of hydrogen-bond donors (Lipinski definition) is 1. The fourth-order valence-corrected chi connectivity index (χ4v) is 2.80. The van der Waals surface area contributed by atoms with E-state index in [1.807, 2.05) is 42.5 Å². The number of H-pyrrole nitrogens is 1. The predicted octanol–water partition coefficient (Wildman–Crippen LogP) is 2.85. The van der Waals surface area contributed by atoms with E-state index in [9.17, 15) is 4.79 Å². The summed E-state index contributed by atoms with van der Waals surface area (Å²) in [7, 11) is 1.59. The van der Waals surface area contributed by atoms with Gasteiger partial charge in [-0.05, 0) is 17.7 Å². The number of nitrogens with zero attached hydrogens (tertiary/aromatic N) is 4. The van der Waals surface area contributed by atoms with E-state index in [2.05, 4.69) is 25.1 Å². The molecule has 26 heavy (non-hydrogen) atoms. The van der Waals surface area contributed by atoms with Crippen LogP contribution in [0.5, 0.6) is 5.75 Å². The fourth-order valence-electron chi connectivity index (χ4n) is 2.80. The first-order chi connectivity index (χ1) is 12.8. The van der Waals surface area contributed by atoms with Gasteiger partial charge in [-0.2, -0.15) is 5.10 Å². The van der Waals surface area contributed by atoms with E-state index in [-0.39, 0.29) is 18.0 Å². The molecular formula is C19H15N5O2. The molecule has 0 aliphatic heterocycles. The van der Waals surface area contributed by atoms with Gasteiger partial charge in [-0.15, -0.1) is 0 Å². The van der Waals surface area contributed by atoms with E-state index in [1.54, 1.807) is 13.3 Å². The van der Waals surface area contributed by atoms with Crippen LogP contribution in [0.1, 0.15) is 16.3 Å². The number of ketones is 1. The Bertz CT molecular complexity index is 1060. The Morgan fingerprint density at radius 3 is 2.65 bits per heavy atom. The van der Waals surface area contributed by atoms with Gasteiger partial charge in [0.15, 0.2) is 5.82 Å². The molecule has 1 N–H and O–H groups in total. The molecule has 4 aromatic rings. The van der Waals surface area contributed by atoms with Crippen LogP contribution in [0.4, 0.5) is 0 Å². The van der Waals surface area contributed by atoms with Crippen molar-refractivity contribution >= 4 is 16.8 Å². The van der Waals surface area contributed by atoms with Gasteiger partial charge in [0.1, 0.15) is 23.1 Å². The molecule has 0 radical (unpaired) electrons. The van der Waals surface area contributed by atoms with Crippen LogP contribution in [0, 0.1) is 0 Å². The zero-order valence-electron chi connectivity index (χ0n) is 14.0. The predicted molar refractivity (Wildman–Crippen MR) is 95.9 cm³/mol. The molecule has 0 unspecified atom stereocenters. The largest absolute Gasteiger partial charge is 0.494 e. The molecule has 0 bridgehead atoms. The van der Waals surface area contributed by atoms with Crippen molar-refractivity contribution in [1.29, 1.82) is 0 Å². The molecule has 0 fully saturated rings. The second kappa shape index (κ2) is 6.72. The Morgan fingerprint density at radius 2 is 1.92 bits per heavy atom. The number of aromatic amines is 1. The average Bonchev–Trinajstić information content (AvgIpc) is 3.23. The maximum Gasteiger partial charge on any atom is 0.205 e. The zero-order valence-corrected chi connectivity index (χ0v) is 14.0. The molecule has 0 saturated heterocycles. The number of carbonyl (C=O) groups excluding carboxylic acids is 1. The number of aromatic nitrogens is 5. The Morgan fingerprint density at radius 1 is 1.08 bits per heavy atom. The van der Waals surface area contributed by atoms with E-state index >= 15 is 0 Å². The van der Waals surface area contributed by atoms with E-state index in [0.717, 1.165) is 16.6 Å². The third-order valence-corrected chi connectivity index (χ3v) is 4.04. The first-order valence-electron chi connectivity index (χ1n) is 8.03. The van der Waals surface area contributed by atoms with Crippen LogP contribution in [-0.2, 0) is 6.42 Å². The summed E-state index contributed by atoms with van der Waals surface area (Å²) in [6.07, 6.45) is 2.99. The first kappa shape index (κ1) is 15.9. The lowest BCUT2D eigenvalue weighted by Gasteiger charge is -2.10. The van der Waals surface area contributed by atoms with Crippen LogP contribution in [0.2, 0.25) is 0 Å². The number of methoxy groups -OCH3 is 1. The molecule has 2 aromatic carbocycles. The van der Waals surface area contributed by atoms with E-state index < -0.39 is 0 Å². The standard InChI is InChI=1S/C19H15N5O2/c1-26-16-8-7-14(12-5-3-2-4-6-12)17-18(16)23-13(10-20-17)9-15(25)19-21-11-22-24-19/h2-8,10-11H,9H2,1H3,(H,21,22,24). The Labute approximate surface area is 149 Å². The minimum absolute atomic E-state index is 0.0802. The zero-order chi connectivity index (χ0) is 17.9. The van der Waals surface area contributed by atoms with E-state index in [1.165, 1.54) is 6.33 Å². The summed E-state index contributed by atoms with van der Waals surface area (Å²) < 4.78 is 5.43. The SMILES string of the molecule is COc1ccc(-c2ccccc2)c2ncc(CC(=O)c3ncn[nH]3)nc12. The fraction of sp³-hybridized carbons (Fsp3) is 0.105. The van der Waals surface area contributed by atoms with Crippen LogP contribution < -0.4 is 4.74 Å². The number of carbonyl (C=O) groups is 1. The number of benzene rings is 2. The van der Waals surface area contributed by atoms with Crippen molar-refractivity contribution in [2.45, 2.75) is 6.42 Å². The molecule has 0 saturated carbocycles. The Hall–Kier alpha value is -3.61. The van der Waals surface area contributed by atoms with Gasteiger partial charge in [0.25, 0.3) is 0 Å². The second-order valence-electron chi connectivity index (χ2n) is 5.67. The van der Waals surface area contributed by atoms with Gasteiger partial charge in [-0.1, -0.05) is 30.3 Å². The second-order valence-corrected chi connectivity index (χ2v) is 5.67. The lowest BCUT2D eigenvalue weighted by atomic mass is 10.0. The summed E-state index contributed by atoms with van der Waals surface area (Å²) in [6, 6.07) is 13.8. The first-order valence-corrected chi connectivity index (χ1v) is 8.03. The Balaban J connectivity index is 1.78. The smallest absolute Gasteiger partial charge is 0.205 e. The minimum atomic E-state index is -0.200. The monoisotopic (exact) mass is 345 g/mol.